The number of anilines is 1. The number of aryl methyl sites for hydroxylation is 3. The number of carbonyl (C=O) groups excluding carboxylic acids is 1. The van der Waals surface area contributed by atoms with Crippen LogP contribution < -0.4 is 4.72 Å². The smallest absolute Gasteiger partial charge is 0.256 e. The van der Waals surface area contributed by atoms with Crippen LogP contribution >= 0.6 is 0 Å². The van der Waals surface area contributed by atoms with Gasteiger partial charge in [-0.15, -0.1) is 0 Å². The van der Waals surface area contributed by atoms with E-state index in [9.17, 15) is 13.2 Å². The van der Waals surface area contributed by atoms with Gasteiger partial charge in [-0.05, 0) is 75.9 Å². The van der Waals surface area contributed by atoms with Crippen LogP contribution in [-0.4, -0.2) is 41.6 Å². The lowest BCUT2D eigenvalue weighted by Crippen LogP contribution is -2.39. The minimum atomic E-state index is -3.51. The summed E-state index contributed by atoms with van der Waals surface area (Å²) >= 11 is 0. The van der Waals surface area contributed by atoms with Crippen LogP contribution in [0.2, 0.25) is 0 Å². The molecule has 1 atom stereocenters. The Hall–Kier alpha value is -2.87. The third-order valence-electron chi connectivity index (χ3n) is 5.71. The number of hydrogen-bond acceptors (Lipinski definition) is 4. The molecule has 2 aromatic heterocycles. The molecule has 0 bridgehead atoms. The van der Waals surface area contributed by atoms with Crippen LogP contribution in [0.5, 0.6) is 0 Å². The van der Waals surface area contributed by atoms with Crippen molar-refractivity contribution in [2.45, 2.75) is 46.1 Å². The molecule has 1 aliphatic rings. The molecule has 3 aromatic rings. The summed E-state index contributed by atoms with van der Waals surface area (Å²) in [5.41, 5.74) is 5.68. The third kappa shape index (κ3) is 4.44. The summed E-state index contributed by atoms with van der Waals surface area (Å²) < 4.78 is 28.1. The van der Waals surface area contributed by atoms with Gasteiger partial charge < -0.3 is 4.90 Å². The molecule has 1 aromatic carbocycles. The van der Waals surface area contributed by atoms with Crippen LogP contribution in [-0.2, 0) is 10.0 Å². The Morgan fingerprint density at radius 1 is 1.06 bits per heavy atom. The van der Waals surface area contributed by atoms with Gasteiger partial charge in [-0.3, -0.25) is 9.52 Å². The Kier molecular flexibility index (Phi) is 5.51. The second kappa shape index (κ2) is 8.00. The molecule has 164 valence electrons. The maximum absolute atomic E-state index is 13.6. The molecule has 31 heavy (non-hydrogen) atoms. The number of benzene rings is 1. The molecule has 7 nitrogen and oxygen atoms in total. The summed E-state index contributed by atoms with van der Waals surface area (Å²) in [7, 11) is -3.51. The molecule has 0 unspecified atom stereocenters. The highest BCUT2D eigenvalue weighted by molar-refractivity contribution is 7.92. The second-order valence-electron chi connectivity index (χ2n) is 8.51. The average Bonchev–Trinajstić information content (AvgIpc) is 3.12. The van der Waals surface area contributed by atoms with Gasteiger partial charge in [0.1, 0.15) is 0 Å². The summed E-state index contributed by atoms with van der Waals surface area (Å²) in [6.45, 7) is 6.59. The van der Waals surface area contributed by atoms with Crippen molar-refractivity contribution in [2.75, 3.05) is 17.5 Å². The normalized spacial score (nSPS) is 17.2. The lowest BCUT2D eigenvalue weighted by atomic mass is 9.97. The number of fused-ring (bicyclic) bond motifs is 1. The fourth-order valence-electron chi connectivity index (χ4n) is 4.39. The van der Waals surface area contributed by atoms with Crippen molar-refractivity contribution in [3.63, 3.8) is 0 Å². The molecule has 8 heteroatoms. The van der Waals surface area contributed by atoms with Crippen molar-refractivity contribution in [2.24, 2.45) is 0 Å². The summed E-state index contributed by atoms with van der Waals surface area (Å²) in [5.74, 6) is -0.176. The summed E-state index contributed by atoms with van der Waals surface area (Å²) in [5, 5.41) is 4.81. The number of piperidine rings is 1. The molecule has 1 N–H and O–H groups in total. The fraction of sp³-hybridized carbons (Fsp3) is 0.391. The Morgan fingerprint density at radius 3 is 2.58 bits per heavy atom. The van der Waals surface area contributed by atoms with Gasteiger partial charge in [0.2, 0.25) is 10.0 Å². The van der Waals surface area contributed by atoms with Gasteiger partial charge in [-0.2, -0.15) is 5.10 Å². The van der Waals surface area contributed by atoms with Crippen molar-refractivity contribution in [1.82, 2.24) is 14.5 Å². The first kappa shape index (κ1) is 21.4. The van der Waals surface area contributed by atoms with E-state index in [1.807, 2.05) is 23.3 Å². The first-order valence-electron chi connectivity index (χ1n) is 10.5. The lowest BCUT2D eigenvalue weighted by Gasteiger charge is -2.35. The van der Waals surface area contributed by atoms with E-state index in [-0.39, 0.29) is 11.9 Å². The van der Waals surface area contributed by atoms with Crippen molar-refractivity contribution >= 4 is 27.1 Å². The van der Waals surface area contributed by atoms with Gasteiger partial charge in [-0.25, -0.2) is 12.9 Å². The average molecular weight is 441 g/mol. The molecule has 0 saturated carbocycles. The van der Waals surface area contributed by atoms with Crippen LogP contribution in [0, 0.1) is 20.8 Å². The molecule has 3 heterocycles. The number of amides is 1. The monoisotopic (exact) mass is 440 g/mol. The fourth-order valence-corrected chi connectivity index (χ4v) is 4.97. The van der Waals surface area contributed by atoms with Crippen LogP contribution in [0.25, 0.3) is 5.52 Å². The molecule has 4 rings (SSSR count). The Morgan fingerprint density at radius 2 is 1.84 bits per heavy atom. The van der Waals surface area contributed by atoms with Gasteiger partial charge in [0.05, 0.1) is 34.8 Å². The van der Waals surface area contributed by atoms with E-state index in [0.29, 0.717) is 17.8 Å². The van der Waals surface area contributed by atoms with Crippen molar-refractivity contribution in [3.8, 4) is 0 Å². The predicted octanol–water partition coefficient (Wildman–Crippen LogP) is 4.00. The van der Waals surface area contributed by atoms with Crippen LogP contribution in [0.15, 0.2) is 36.4 Å². The second-order valence-corrected chi connectivity index (χ2v) is 10.3. The number of nitrogens with one attached hydrogen (secondary N) is 1. The van der Waals surface area contributed by atoms with E-state index in [2.05, 4.69) is 29.8 Å². The van der Waals surface area contributed by atoms with E-state index >= 15 is 0 Å². The van der Waals surface area contributed by atoms with Crippen molar-refractivity contribution < 1.29 is 13.2 Å². The minimum Gasteiger partial charge on any atom is -0.330 e. The summed E-state index contributed by atoms with van der Waals surface area (Å²) in [4.78, 5) is 15.5. The quantitative estimate of drug-likeness (QED) is 0.665. The van der Waals surface area contributed by atoms with E-state index in [0.717, 1.165) is 48.0 Å². The van der Waals surface area contributed by atoms with E-state index in [1.165, 1.54) is 5.56 Å². The standard InChI is InChI=1S/C23H28N4O3S/c1-15-8-9-20(25-31(4,29)30)19(13-15)23(28)26-10-6-5-7-22(26)21-14-18-12-16(2)11-17(3)27(18)24-21/h8-9,11-14,22,25H,5-7,10H2,1-4H3/t22-/m0/s1. The van der Waals surface area contributed by atoms with Gasteiger partial charge >= 0.3 is 0 Å². The molecular formula is C23H28N4O3S. The van der Waals surface area contributed by atoms with Crippen molar-refractivity contribution in [1.29, 1.82) is 0 Å². The molecular weight excluding hydrogens is 412 g/mol. The first-order chi connectivity index (χ1) is 14.6. The number of carbonyl (C=O) groups is 1. The highest BCUT2D eigenvalue weighted by atomic mass is 32.2. The topological polar surface area (TPSA) is 83.8 Å². The molecule has 0 aliphatic carbocycles. The van der Waals surface area contributed by atoms with E-state index < -0.39 is 10.0 Å². The molecule has 1 saturated heterocycles. The molecule has 0 radical (unpaired) electrons. The number of nitrogens with zero attached hydrogens (tertiary/aromatic N) is 3. The maximum Gasteiger partial charge on any atom is 0.256 e. The number of likely N-dealkylation sites (tertiary alicyclic amines) is 1. The molecule has 0 spiro atoms. The highest BCUT2D eigenvalue weighted by Crippen LogP contribution is 2.34. The van der Waals surface area contributed by atoms with Gasteiger partial charge in [0.15, 0.2) is 0 Å². The predicted molar refractivity (Wildman–Crippen MR) is 122 cm³/mol. The number of sulfonamides is 1. The van der Waals surface area contributed by atoms with Crippen LogP contribution in [0.1, 0.15) is 58.2 Å². The maximum atomic E-state index is 13.6. The van der Waals surface area contributed by atoms with Crippen LogP contribution in [0.4, 0.5) is 5.69 Å². The SMILES string of the molecule is Cc1ccc(NS(C)(=O)=O)c(C(=O)N2CCCC[C@H]2c2cc3cc(C)cc(C)n3n2)c1. The Bertz CT molecular complexity index is 1260. The zero-order valence-corrected chi connectivity index (χ0v) is 19.2. The summed E-state index contributed by atoms with van der Waals surface area (Å²) in [6.07, 6.45) is 3.84. The molecule has 1 aliphatic heterocycles. The Labute approximate surface area is 183 Å². The zero-order valence-electron chi connectivity index (χ0n) is 18.3. The minimum absolute atomic E-state index is 0.146. The molecule has 1 amide bonds. The largest absolute Gasteiger partial charge is 0.330 e. The Balaban J connectivity index is 1.74. The molecule has 1 fully saturated rings. The number of pyridine rings is 1. The van der Waals surface area contributed by atoms with E-state index in [4.69, 9.17) is 5.10 Å². The van der Waals surface area contributed by atoms with E-state index in [1.54, 1.807) is 18.2 Å². The van der Waals surface area contributed by atoms with Crippen LogP contribution in [0.3, 0.4) is 0 Å². The number of aromatic nitrogens is 2. The first-order valence-corrected chi connectivity index (χ1v) is 12.4. The van der Waals surface area contributed by atoms with Gasteiger partial charge in [0.25, 0.3) is 5.91 Å². The third-order valence-corrected chi connectivity index (χ3v) is 6.30. The highest BCUT2D eigenvalue weighted by Gasteiger charge is 2.32. The van der Waals surface area contributed by atoms with Gasteiger partial charge in [0, 0.05) is 12.2 Å². The van der Waals surface area contributed by atoms with Gasteiger partial charge in [-0.1, -0.05) is 11.6 Å². The van der Waals surface area contributed by atoms with Crippen molar-refractivity contribution in [3.05, 3.63) is 64.5 Å². The summed E-state index contributed by atoms with van der Waals surface area (Å²) in [6, 6.07) is 11.3. The lowest BCUT2D eigenvalue weighted by molar-refractivity contribution is 0.0606. The number of hydrogen-bond donors (Lipinski definition) is 1. The number of rotatable bonds is 4. The zero-order chi connectivity index (χ0) is 22.3.